The minimum Gasteiger partial charge on any atom is -0.508 e. The molecule has 0 saturated carbocycles. The highest BCUT2D eigenvalue weighted by molar-refractivity contribution is 5.99. The molecule has 4 nitrogen and oxygen atoms in total. The number of carbonyl (C=O) groups excluding carboxylic acids is 1. The van der Waals surface area contributed by atoms with Gasteiger partial charge in [-0.3, -0.25) is 4.79 Å². The first-order chi connectivity index (χ1) is 9.04. The van der Waals surface area contributed by atoms with E-state index in [1.165, 1.54) is 0 Å². The Kier molecular flexibility index (Phi) is 3.90. The Hall–Kier alpha value is -1.81. The molecule has 4 heteroatoms. The average molecular weight is 260 g/mol. The predicted molar refractivity (Wildman–Crippen MR) is 76.9 cm³/mol. The topological polar surface area (TPSA) is 45.5 Å². The number of benzene rings is 1. The summed E-state index contributed by atoms with van der Waals surface area (Å²) in [5.41, 5.74) is 2.65. The Morgan fingerprint density at radius 1 is 1.37 bits per heavy atom. The molecule has 0 aliphatic heterocycles. The first-order valence-electron chi connectivity index (χ1n) is 6.46. The van der Waals surface area contributed by atoms with Crippen molar-refractivity contribution < 1.29 is 9.90 Å². The first-order valence-corrected chi connectivity index (χ1v) is 6.46. The molecular formula is C15H20N2O2. The third-order valence-corrected chi connectivity index (χ3v) is 3.46. The fraction of sp³-hybridized carbons (Fsp3) is 0.400. The number of aromatic hydroxyl groups is 1. The molecule has 0 aliphatic carbocycles. The largest absolute Gasteiger partial charge is 0.508 e. The molecule has 1 aromatic carbocycles. The van der Waals surface area contributed by atoms with E-state index in [2.05, 4.69) is 23.6 Å². The van der Waals surface area contributed by atoms with Crippen LogP contribution in [-0.2, 0) is 6.54 Å². The minimum absolute atomic E-state index is 0.195. The number of aryl methyl sites for hydroxylation is 1. The number of phenols is 1. The second-order valence-corrected chi connectivity index (χ2v) is 5.13. The molecule has 0 saturated heterocycles. The van der Waals surface area contributed by atoms with Crippen molar-refractivity contribution in [3.8, 4) is 5.75 Å². The summed E-state index contributed by atoms with van der Waals surface area (Å²) in [6, 6.07) is 5.20. The van der Waals surface area contributed by atoms with Crippen LogP contribution in [0.2, 0.25) is 0 Å². The number of nitrogens with zero attached hydrogens (tertiary/aromatic N) is 2. The zero-order valence-electron chi connectivity index (χ0n) is 11.7. The fourth-order valence-corrected chi connectivity index (χ4v) is 2.48. The lowest BCUT2D eigenvalue weighted by Gasteiger charge is -2.12. The van der Waals surface area contributed by atoms with Gasteiger partial charge < -0.3 is 14.6 Å². The molecule has 0 bridgehead atoms. The Bertz CT molecular complexity index is 600. The standard InChI is InChI=1S/C15H20N2O2/c1-11-14(10-18)13-9-12(19)5-6-15(13)17(11)8-4-7-16(2)3/h5-6,9-10,19H,4,7-8H2,1-3H3. The first kappa shape index (κ1) is 13.6. The molecular weight excluding hydrogens is 240 g/mol. The van der Waals surface area contributed by atoms with Crippen molar-refractivity contribution in [2.45, 2.75) is 19.9 Å². The van der Waals surface area contributed by atoms with E-state index in [1.54, 1.807) is 12.1 Å². The summed E-state index contributed by atoms with van der Waals surface area (Å²) >= 11 is 0. The van der Waals surface area contributed by atoms with Gasteiger partial charge >= 0.3 is 0 Å². The molecule has 1 N–H and O–H groups in total. The van der Waals surface area contributed by atoms with Crippen LogP contribution >= 0.6 is 0 Å². The van der Waals surface area contributed by atoms with Crippen LogP contribution in [0.5, 0.6) is 5.75 Å². The van der Waals surface area contributed by atoms with E-state index >= 15 is 0 Å². The van der Waals surface area contributed by atoms with Gasteiger partial charge in [-0.25, -0.2) is 0 Å². The van der Waals surface area contributed by atoms with Crippen LogP contribution in [-0.4, -0.2) is 41.5 Å². The number of rotatable bonds is 5. The Balaban J connectivity index is 2.42. The van der Waals surface area contributed by atoms with E-state index in [-0.39, 0.29) is 5.75 Å². The monoisotopic (exact) mass is 260 g/mol. The smallest absolute Gasteiger partial charge is 0.152 e. The highest BCUT2D eigenvalue weighted by Crippen LogP contribution is 2.28. The van der Waals surface area contributed by atoms with Gasteiger partial charge in [-0.1, -0.05) is 0 Å². The van der Waals surface area contributed by atoms with Gasteiger partial charge in [0.2, 0.25) is 0 Å². The van der Waals surface area contributed by atoms with E-state index in [0.29, 0.717) is 5.56 Å². The van der Waals surface area contributed by atoms with Gasteiger partial charge in [-0.05, 0) is 52.2 Å². The van der Waals surface area contributed by atoms with Gasteiger partial charge in [0.1, 0.15) is 5.75 Å². The lowest BCUT2D eigenvalue weighted by atomic mass is 10.1. The van der Waals surface area contributed by atoms with Gasteiger partial charge in [-0.2, -0.15) is 0 Å². The molecule has 0 unspecified atom stereocenters. The van der Waals surface area contributed by atoms with Crippen molar-refractivity contribution in [2.75, 3.05) is 20.6 Å². The van der Waals surface area contributed by atoms with Crippen LogP contribution in [0.3, 0.4) is 0 Å². The van der Waals surface area contributed by atoms with Gasteiger partial charge in [-0.15, -0.1) is 0 Å². The van der Waals surface area contributed by atoms with Crippen molar-refractivity contribution >= 4 is 17.2 Å². The molecule has 0 fully saturated rings. The molecule has 19 heavy (non-hydrogen) atoms. The molecule has 0 spiro atoms. The Labute approximate surface area is 113 Å². The predicted octanol–water partition coefficient (Wildman–Crippen LogP) is 2.42. The number of hydrogen-bond acceptors (Lipinski definition) is 3. The van der Waals surface area contributed by atoms with E-state index in [4.69, 9.17) is 0 Å². The van der Waals surface area contributed by atoms with Crippen LogP contribution in [0.25, 0.3) is 10.9 Å². The molecule has 2 rings (SSSR count). The SMILES string of the molecule is Cc1c(C=O)c2cc(O)ccc2n1CCCN(C)C. The highest BCUT2D eigenvalue weighted by atomic mass is 16.3. The van der Waals surface area contributed by atoms with Gasteiger partial charge in [0.25, 0.3) is 0 Å². The third kappa shape index (κ3) is 2.63. The summed E-state index contributed by atoms with van der Waals surface area (Å²) in [6.45, 7) is 3.84. The average Bonchev–Trinajstić information content (AvgIpc) is 2.61. The number of aldehydes is 1. The number of hydrogen-bond donors (Lipinski definition) is 1. The maximum atomic E-state index is 11.2. The summed E-state index contributed by atoms with van der Waals surface area (Å²) < 4.78 is 2.15. The fourth-order valence-electron chi connectivity index (χ4n) is 2.48. The quantitative estimate of drug-likeness (QED) is 0.840. The summed E-state index contributed by atoms with van der Waals surface area (Å²) in [6.07, 6.45) is 1.90. The van der Waals surface area contributed by atoms with Crippen LogP contribution in [0.4, 0.5) is 0 Å². The molecule has 0 radical (unpaired) electrons. The van der Waals surface area contributed by atoms with Crippen LogP contribution in [0.15, 0.2) is 18.2 Å². The molecule has 2 aromatic rings. The Morgan fingerprint density at radius 2 is 2.11 bits per heavy atom. The number of fused-ring (bicyclic) bond motifs is 1. The van der Waals surface area contributed by atoms with E-state index in [1.807, 2.05) is 13.0 Å². The lowest BCUT2D eigenvalue weighted by Crippen LogP contribution is -2.15. The van der Waals surface area contributed by atoms with E-state index in [0.717, 1.165) is 42.4 Å². The number of phenolic OH excluding ortho intramolecular Hbond substituents is 1. The maximum Gasteiger partial charge on any atom is 0.152 e. The normalized spacial score (nSPS) is 11.4. The molecule has 0 amide bonds. The second-order valence-electron chi connectivity index (χ2n) is 5.13. The van der Waals surface area contributed by atoms with Crippen molar-refractivity contribution in [1.29, 1.82) is 0 Å². The molecule has 102 valence electrons. The number of aromatic nitrogens is 1. The van der Waals surface area contributed by atoms with Gasteiger partial charge in [0.15, 0.2) is 6.29 Å². The third-order valence-electron chi connectivity index (χ3n) is 3.46. The van der Waals surface area contributed by atoms with E-state index in [9.17, 15) is 9.90 Å². The summed E-state index contributed by atoms with van der Waals surface area (Å²) in [5.74, 6) is 0.195. The summed E-state index contributed by atoms with van der Waals surface area (Å²) in [7, 11) is 4.10. The highest BCUT2D eigenvalue weighted by Gasteiger charge is 2.13. The van der Waals surface area contributed by atoms with Crippen molar-refractivity contribution in [3.63, 3.8) is 0 Å². The van der Waals surface area contributed by atoms with Crippen molar-refractivity contribution in [2.24, 2.45) is 0 Å². The van der Waals surface area contributed by atoms with Gasteiger partial charge in [0, 0.05) is 28.7 Å². The summed E-state index contributed by atoms with van der Waals surface area (Å²) in [4.78, 5) is 13.4. The lowest BCUT2D eigenvalue weighted by molar-refractivity contribution is 0.112. The van der Waals surface area contributed by atoms with E-state index < -0.39 is 0 Å². The van der Waals surface area contributed by atoms with Crippen LogP contribution in [0, 0.1) is 6.92 Å². The zero-order valence-corrected chi connectivity index (χ0v) is 11.7. The molecule has 0 aliphatic rings. The van der Waals surface area contributed by atoms with Crippen molar-refractivity contribution in [3.05, 3.63) is 29.5 Å². The van der Waals surface area contributed by atoms with Crippen LogP contribution in [0.1, 0.15) is 22.5 Å². The van der Waals surface area contributed by atoms with Gasteiger partial charge in [0.05, 0.1) is 0 Å². The van der Waals surface area contributed by atoms with Crippen LogP contribution < -0.4 is 0 Å². The summed E-state index contributed by atoms with van der Waals surface area (Å²) in [5, 5.41) is 10.4. The minimum atomic E-state index is 0.195. The maximum absolute atomic E-state index is 11.2. The van der Waals surface area contributed by atoms with Crippen molar-refractivity contribution in [1.82, 2.24) is 9.47 Å². The Morgan fingerprint density at radius 3 is 2.74 bits per heavy atom. The zero-order chi connectivity index (χ0) is 14.0. The number of carbonyl (C=O) groups is 1. The molecule has 0 atom stereocenters. The molecule has 1 heterocycles. The second kappa shape index (κ2) is 5.45. The molecule has 1 aromatic heterocycles.